The number of carboxylic acid groups (broad SMARTS) is 1. The number of hydrogen-bond acceptors (Lipinski definition) is 8. The summed E-state index contributed by atoms with van der Waals surface area (Å²) in [4.78, 5) is 50.7. The lowest BCUT2D eigenvalue weighted by atomic mass is 9.86. The van der Waals surface area contributed by atoms with Crippen LogP contribution in [0.5, 0.6) is 0 Å². The topological polar surface area (TPSA) is 160 Å². The number of hydrogen-bond donors (Lipinski definition) is 3. The fraction of sp³-hybridized carbons (Fsp3) is 0.432. The van der Waals surface area contributed by atoms with Gasteiger partial charge in [0.1, 0.15) is 6.04 Å². The van der Waals surface area contributed by atoms with Crippen LogP contribution in [-0.4, -0.2) is 55.6 Å². The maximum Gasteiger partial charge on any atom is 0.305 e. The quantitative estimate of drug-likeness (QED) is 0.111. The van der Waals surface area contributed by atoms with Crippen molar-refractivity contribution in [3.8, 4) is 22.8 Å². The summed E-state index contributed by atoms with van der Waals surface area (Å²) in [5.41, 5.74) is 3.65. The van der Waals surface area contributed by atoms with Crippen LogP contribution in [0.1, 0.15) is 99.9 Å². The smallest absolute Gasteiger partial charge is 0.305 e. The number of unbranched alkanes of at least 4 members (excludes halogenated alkanes) is 5. The van der Waals surface area contributed by atoms with E-state index in [9.17, 15) is 14.4 Å². The van der Waals surface area contributed by atoms with Crippen LogP contribution in [0.3, 0.4) is 0 Å². The van der Waals surface area contributed by atoms with Crippen LogP contribution >= 0.6 is 0 Å². The molecule has 0 radical (unpaired) electrons. The van der Waals surface area contributed by atoms with Crippen LogP contribution < -0.4 is 10.6 Å². The summed E-state index contributed by atoms with van der Waals surface area (Å²) < 4.78 is 5.44. The highest BCUT2D eigenvalue weighted by molar-refractivity contribution is 5.97. The second kappa shape index (κ2) is 17.3. The van der Waals surface area contributed by atoms with Crippen LogP contribution in [0.4, 0.5) is 0 Å². The molecular weight excluding hydrogens is 608 g/mol. The molecular formula is C37H46N6O5. The second-order valence-electron chi connectivity index (χ2n) is 13.0. The first-order chi connectivity index (χ1) is 23.0. The summed E-state index contributed by atoms with van der Waals surface area (Å²) in [6.45, 7) is 8.44. The molecule has 0 aliphatic rings. The van der Waals surface area contributed by atoms with Gasteiger partial charge in [-0.05, 0) is 35.1 Å². The van der Waals surface area contributed by atoms with Gasteiger partial charge in [0.2, 0.25) is 5.91 Å². The van der Waals surface area contributed by atoms with E-state index in [2.05, 4.69) is 58.4 Å². The SMILES string of the molecule is CCCCCCCCc1noc(-c2cnc(-c3ccc(CC(NC(=O)c4ccc(C(C)(C)C)cc4)C(=O)NCCC(=O)O)cc3)nc2)n1. The molecule has 4 rings (SSSR count). The van der Waals surface area contributed by atoms with Crippen molar-refractivity contribution in [1.82, 2.24) is 30.7 Å². The lowest BCUT2D eigenvalue weighted by molar-refractivity contribution is -0.137. The van der Waals surface area contributed by atoms with Crippen molar-refractivity contribution in [1.29, 1.82) is 0 Å². The number of nitrogens with zero attached hydrogens (tertiary/aromatic N) is 4. The Morgan fingerprint density at radius 1 is 0.875 bits per heavy atom. The molecule has 0 spiro atoms. The minimum Gasteiger partial charge on any atom is -0.481 e. The van der Waals surface area contributed by atoms with E-state index >= 15 is 0 Å². The molecule has 11 heteroatoms. The number of aryl methyl sites for hydroxylation is 1. The number of aliphatic carboxylic acids is 1. The van der Waals surface area contributed by atoms with E-state index in [0.717, 1.165) is 36.0 Å². The zero-order valence-corrected chi connectivity index (χ0v) is 28.3. The van der Waals surface area contributed by atoms with Crippen molar-refractivity contribution in [3.63, 3.8) is 0 Å². The first-order valence-corrected chi connectivity index (χ1v) is 16.7. The summed E-state index contributed by atoms with van der Waals surface area (Å²) in [7, 11) is 0. The molecule has 4 aromatic rings. The first kappa shape index (κ1) is 35.9. The molecule has 0 fully saturated rings. The Kier molecular flexibility index (Phi) is 12.9. The van der Waals surface area contributed by atoms with Crippen molar-refractivity contribution >= 4 is 17.8 Å². The lowest BCUT2D eigenvalue weighted by Gasteiger charge is -2.20. The largest absolute Gasteiger partial charge is 0.481 e. The van der Waals surface area contributed by atoms with Crippen LogP contribution in [0.15, 0.2) is 65.4 Å². The highest BCUT2D eigenvalue weighted by Crippen LogP contribution is 2.23. The van der Waals surface area contributed by atoms with E-state index in [1.54, 1.807) is 24.5 Å². The molecule has 3 N–H and O–H groups in total. The molecule has 254 valence electrons. The number of nitrogens with one attached hydrogen (secondary N) is 2. The van der Waals surface area contributed by atoms with Gasteiger partial charge in [0.25, 0.3) is 11.8 Å². The zero-order valence-electron chi connectivity index (χ0n) is 28.3. The monoisotopic (exact) mass is 654 g/mol. The van der Waals surface area contributed by atoms with E-state index in [0.29, 0.717) is 28.7 Å². The van der Waals surface area contributed by atoms with Crippen molar-refractivity contribution in [2.45, 2.75) is 96.9 Å². The number of carboxylic acids is 1. The van der Waals surface area contributed by atoms with Gasteiger partial charge in [-0.1, -0.05) is 101 Å². The normalized spacial score (nSPS) is 12.0. The Labute approximate surface area is 282 Å². The zero-order chi connectivity index (χ0) is 34.5. The standard InChI is InChI=1S/C37H46N6O5/c1-5-6-7-8-9-10-11-31-42-36(48-43-31)28-23-39-33(40-24-28)26-14-12-25(13-15-26)22-30(35(47)38-21-20-32(44)45)41-34(46)27-16-18-29(19-17-27)37(2,3)4/h12-19,23-24,30H,5-11,20-22H2,1-4H3,(H,38,47)(H,41,46)(H,44,45). The Morgan fingerprint density at radius 3 is 2.19 bits per heavy atom. The molecule has 2 aromatic heterocycles. The van der Waals surface area contributed by atoms with Gasteiger partial charge < -0.3 is 20.3 Å². The number of carbonyl (C=O) groups excluding carboxylic acids is 2. The lowest BCUT2D eigenvalue weighted by Crippen LogP contribution is -2.48. The number of aromatic nitrogens is 4. The summed E-state index contributed by atoms with van der Waals surface area (Å²) in [5, 5.41) is 18.5. The van der Waals surface area contributed by atoms with Gasteiger partial charge in [0.15, 0.2) is 11.6 Å². The van der Waals surface area contributed by atoms with Crippen molar-refractivity contribution in [2.24, 2.45) is 0 Å². The fourth-order valence-corrected chi connectivity index (χ4v) is 5.14. The number of carbonyl (C=O) groups is 3. The van der Waals surface area contributed by atoms with Crippen LogP contribution in [0, 0.1) is 0 Å². The maximum absolute atomic E-state index is 13.1. The third-order valence-corrected chi connectivity index (χ3v) is 8.05. The molecule has 0 saturated carbocycles. The van der Waals surface area contributed by atoms with Gasteiger partial charge in [0, 0.05) is 42.9 Å². The minimum atomic E-state index is -1.02. The van der Waals surface area contributed by atoms with Gasteiger partial charge in [-0.3, -0.25) is 14.4 Å². The van der Waals surface area contributed by atoms with Crippen molar-refractivity contribution in [2.75, 3.05) is 6.54 Å². The maximum atomic E-state index is 13.1. The molecule has 0 saturated heterocycles. The van der Waals surface area contributed by atoms with E-state index in [-0.39, 0.29) is 24.8 Å². The molecule has 2 amide bonds. The van der Waals surface area contributed by atoms with Gasteiger partial charge in [-0.25, -0.2) is 9.97 Å². The average molecular weight is 655 g/mol. The summed E-state index contributed by atoms with van der Waals surface area (Å²) in [6, 6.07) is 13.8. The number of amides is 2. The predicted molar refractivity (Wildman–Crippen MR) is 183 cm³/mol. The molecule has 1 atom stereocenters. The van der Waals surface area contributed by atoms with Crippen LogP contribution in [-0.2, 0) is 27.8 Å². The van der Waals surface area contributed by atoms with Gasteiger partial charge in [-0.15, -0.1) is 0 Å². The number of benzene rings is 2. The van der Waals surface area contributed by atoms with Crippen molar-refractivity contribution in [3.05, 3.63) is 83.4 Å². The van der Waals surface area contributed by atoms with E-state index in [4.69, 9.17) is 9.63 Å². The molecule has 0 bridgehead atoms. The molecule has 1 unspecified atom stereocenters. The molecule has 0 aliphatic heterocycles. The average Bonchev–Trinajstić information content (AvgIpc) is 3.55. The van der Waals surface area contributed by atoms with Crippen molar-refractivity contribution < 1.29 is 24.0 Å². The fourth-order valence-electron chi connectivity index (χ4n) is 5.14. The molecule has 2 aromatic carbocycles. The van der Waals surface area contributed by atoms with E-state index < -0.39 is 23.8 Å². The second-order valence-corrected chi connectivity index (χ2v) is 13.0. The Morgan fingerprint density at radius 2 is 1.54 bits per heavy atom. The Bertz CT molecular complexity index is 1630. The third-order valence-electron chi connectivity index (χ3n) is 8.05. The highest BCUT2D eigenvalue weighted by atomic mass is 16.5. The van der Waals surface area contributed by atoms with Gasteiger partial charge in [-0.2, -0.15) is 4.98 Å². The third kappa shape index (κ3) is 10.8. The molecule has 11 nitrogen and oxygen atoms in total. The predicted octanol–water partition coefficient (Wildman–Crippen LogP) is 6.33. The highest BCUT2D eigenvalue weighted by Gasteiger charge is 2.23. The molecule has 2 heterocycles. The van der Waals surface area contributed by atoms with E-state index in [1.807, 2.05) is 36.4 Å². The molecule has 48 heavy (non-hydrogen) atoms. The summed E-state index contributed by atoms with van der Waals surface area (Å²) >= 11 is 0. The minimum absolute atomic E-state index is 0.0445. The summed E-state index contributed by atoms with van der Waals surface area (Å²) in [5.74, 6) is -0.302. The molecule has 0 aliphatic carbocycles. The first-order valence-electron chi connectivity index (χ1n) is 16.7. The Hall–Kier alpha value is -4.93. The summed E-state index contributed by atoms with van der Waals surface area (Å²) in [6.07, 6.45) is 11.2. The van der Waals surface area contributed by atoms with E-state index in [1.165, 1.54) is 25.7 Å². The van der Waals surface area contributed by atoms with Gasteiger partial charge >= 0.3 is 5.97 Å². The van der Waals surface area contributed by atoms with Crippen LogP contribution in [0.2, 0.25) is 0 Å². The number of rotatable bonds is 17. The van der Waals surface area contributed by atoms with Gasteiger partial charge in [0.05, 0.1) is 12.0 Å². The van der Waals surface area contributed by atoms with Crippen LogP contribution in [0.25, 0.3) is 22.8 Å². The Balaban J connectivity index is 1.39.